The van der Waals surface area contributed by atoms with Crippen LogP contribution in [0, 0.1) is 0 Å². The van der Waals surface area contributed by atoms with Crippen molar-refractivity contribution in [3.63, 3.8) is 0 Å². The van der Waals surface area contributed by atoms with Crippen molar-refractivity contribution in [2.45, 2.75) is 22.9 Å². The quantitative estimate of drug-likeness (QED) is 0.349. The number of alkyl halides is 3. The fraction of sp³-hybridized carbons (Fsp3) is 0.190. The standard InChI is InChI=1S/C21H19F3N4O5S2/c1-12(29)11-35(32,33)16-9-3-13(4-10-16)17-18(14-5-7-15(8-6-14)34(2,30)31)26-20(21(22,23)24)27-19(17)28-25/h3-10H,11,25H2,1-2H3,(H,26,27,28). The summed E-state index contributed by atoms with van der Waals surface area (Å²) in [7, 11) is -7.47. The van der Waals surface area contributed by atoms with Gasteiger partial charge in [0.1, 0.15) is 11.5 Å². The maximum Gasteiger partial charge on any atom is 0.451 e. The van der Waals surface area contributed by atoms with Crippen LogP contribution in [0.4, 0.5) is 19.0 Å². The number of hydrogen-bond acceptors (Lipinski definition) is 9. The van der Waals surface area contributed by atoms with Crippen molar-refractivity contribution in [3.8, 4) is 22.4 Å². The molecule has 0 atom stereocenters. The molecule has 1 heterocycles. The van der Waals surface area contributed by atoms with Crippen LogP contribution in [0.15, 0.2) is 58.3 Å². The highest BCUT2D eigenvalue weighted by molar-refractivity contribution is 7.92. The van der Waals surface area contributed by atoms with E-state index in [0.29, 0.717) is 0 Å². The van der Waals surface area contributed by atoms with Crippen LogP contribution in [0.2, 0.25) is 0 Å². The molecular weight excluding hydrogens is 509 g/mol. The summed E-state index contributed by atoms with van der Waals surface area (Å²) in [5, 5.41) is 0. The molecule has 3 aromatic rings. The molecule has 186 valence electrons. The van der Waals surface area contributed by atoms with E-state index >= 15 is 0 Å². The Hall–Kier alpha value is -3.36. The van der Waals surface area contributed by atoms with Crippen molar-refractivity contribution in [1.82, 2.24) is 9.97 Å². The minimum atomic E-state index is -4.92. The van der Waals surface area contributed by atoms with Crippen LogP contribution in [0.5, 0.6) is 0 Å². The van der Waals surface area contributed by atoms with Crippen LogP contribution < -0.4 is 11.3 Å². The number of hydrazine groups is 1. The number of aromatic nitrogens is 2. The Morgan fingerprint density at radius 3 is 1.89 bits per heavy atom. The summed E-state index contributed by atoms with van der Waals surface area (Å²) in [6, 6.07) is 10.0. The Labute approximate surface area is 199 Å². The highest BCUT2D eigenvalue weighted by atomic mass is 32.2. The number of ketones is 1. The number of nitrogens with one attached hydrogen (secondary N) is 1. The molecule has 0 aliphatic carbocycles. The first-order valence-electron chi connectivity index (χ1n) is 9.72. The van der Waals surface area contributed by atoms with Gasteiger partial charge in [0.05, 0.1) is 21.0 Å². The van der Waals surface area contributed by atoms with Crippen LogP contribution in [0.3, 0.4) is 0 Å². The van der Waals surface area contributed by atoms with Crippen LogP contribution in [-0.2, 0) is 30.6 Å². The molecule has 0 saturated heterocycles. The molecule has 9 nitrogen and oxygen atoms in total. The van der Waals surface area contributed by atoms with Gasteiger partial charge in [-0.25, -0.2) is 32.6 Å². The smallest absolute Gasteiger partial charge is 0.308 e. The van der Waals surface area contributed by atoms with Gasteiger partial charge >= 0.3 is 6.18 Å². The zero-order valence-corrected chi connectivity index (χ0v) is 19.9. The monoisotopic (exact) mass is 528 g/mol. The lowest BCUT2D eigenvalue weighted by Crippen LogP contribution is -2.18. The molecule has 3 rings (SSSR count). The Balaban J connectivity index is 2.25. The number of rotatable bonds is 7. The molecular formula is C21H19F3N4O5S2. The molecule has 14 heteroatoms. The predicted molar refractivity (Wildman–Crippen MR) is 122 cm³/mol. The third-order valence-electron chi connectivity index (χ3n) is 4.75. The van der Waals surface area contributed by atoms with E-state index in [2.05, 4.69) is 15.4 Å². The third-order valence-corrected chi connectivity index (χ3v) is 7.66. The van der Waals surface area contributed by atoms with E-state index in [-0.39, 0.29) is 32.2 Å². The molecule has 2 aromatic carbocycles. The Bertz CT molecular complexity index is 1490. The lowest BCUT2D eigenvalue weighted by atomic mass is 9.99. The first kappa shape index (κ1) is 26.2. The largest absolute Gasteiger partial charge is 0.451 e. The van der Waals surface area contributed by atoms with E-state index < -0.39 is 49.0 Å². The second kappa shape index (κ2) is 9.36. The summed E-state index contributed by atoms with van der Waals surface area (Å²) >= 11 is 0. The van der Waals surface area contributed by atoms with Crippen LogP contribution in [-0.4, -0.2) is 44.6 Å². The molecule has 0 saturated carbocycles. The predicted octanol–water partition coefficient (Wildman–Crippen LogP) is 2.88. The number of nitrogens with zero attached hydrogens (tertiary/aromatic N) is 2. The van der Waals surface area contributed by atoms with Gasteiger partial charge in [0, 0.05) is 11.8 Å². The van der Waals surface area contributed by atoms with Gasteiger partial charge in [0.2, 0.25) is 5.82 Å². The van der Waals surface area contributed by atoms with Gasteiger partial charge in [-0.2, -0.15) is 13.2 Å². The van der Waals surface area contributed by atoms with Crippen molar-refractivity contribution in [1.29, 1.82) is 0 Å². The number of nitrogens with two attached hydrogens (primary N) is 1. The average molecular weight is 529 g/mol. The van der Waals surface area contributed by atoms with Crippen molar-refractivity contribution in [3.05, 3.63) is 54.4 Å². The molecule has 0 fully saturated rings. The van der Waals surface area contributed by atoms with Crippen molar-refractivity contribution in [2.75, 3.05) is 17.4 Å². The first-order chi connectivity index (χ1) is 16.1. The van der Waals surface area contributed by atoms with E-state index in [1.54, 1.807) is 0 Å². The average Bonchev–Trinajstić information content (AvgIpc) is 2.76. The SMILES string of the molecule is CC(=O)CS(=O)(=O)c1ccc(-c2c(NN)nc(C(F)(F)F)nc2-c2ccc(S(C)(=O)=O)cc2)cc1. The lowest BCUT2D eigenvalue weighted by Gasteiger charge is -2.17. The number of sulfone groups is 2. The number of nitrogen functional groups attached to an aromatic ring is 1. The molecule has 1 aromatic heterocycles. The molecule has 0 unspecified atom stereocenters. The Kier molecular flexibility index (Phi) is 7.02. The summed E-state index contributed by atoms with van der Waals surface area (Å²) in [6.45, 7) is 1.13. The van der Waals surface area contributed by atoms with Crippen molar-refractivity contribution < 1.29 is 34.8 Å². The number of Topliss-reactive ketones (excluding diaryl/α,β-unsaturated/α-hetero) is 1. The minimum Gasteiger partial charge on any atom is -0.308 e. The summed E-state index contributed by atoms with van der Waals surface area (Å²) in [4.78, 5) is 18.2. The summed E-state index contributed by atoms with van der Waals surface area (Å²) in [5.74, 6) is 2.32. The Morgan fingerprint density at radius 1 is 0.914 bits per heavy atom. The normalized spacial score (nSPS) is 12.4. The number of hydrogen-bond donors (Lipinski definition) is 2. The fourth-order valence-corrected chi connectivity index (χ4v) is 5.10. The maximum absolute atomic E-state index is 13.5. The number of benzene rings is 2. The highest BCUT2D eigenvalue weighted by Gasteiger charge is 2.37. The number of carbonyl (C=O) groups excluding carboxylic acids is 1. The number of carbonyl (C=O) groups is 1. The van der Waals surface area contributed by atoms with Crippen LogP contribution in [0.25, 0.3) is 22.4 Å². The van der Waals surface area contributed by atoms with E-state index in [1.165, 1.54) is 48.5 Å². The van der Waals surface area contributed by atoms with Gasteiger partial charge in [-0.15, -0.1) is 0 Å². The van der Waals surface area contributed by atoms with E-state index in [9.17, 15) is 34.8 Å². The van der Waals surface area contributed by atoms with Gasteiger partial charge in [-0.1, -0.05) is 24.3 Å². The van der Waals surface area contributed by atoms with Crippen molar-refractivity contribution in [2.24, 2.45) is 5.84 Å². The molecule has 35 heavy (non-hydrogen) atoms. The lowest BCUT2D eigenvalue weighted by molar-refractivity contribution is -0.144. The van der Waals surface area contributed by atoms with E-state index in [0.717, 1.165) is 13.2 Å². The Morgan fingerprint density at radius 2 is 1.43 bits per heavy atom. The molecule has 0 amide bonds. The van der Waals surface area contributed by atoms with Gasteiger partial charge in [0.25, 0.3) is 0 Å². The zero-order valence-electron chi connectivity index (χ0n) is 18.3. The van der Waals surface area contributed by atoms with Gasteiger partial charge in [-0.05, 0) is 36.8 Å². The third kappa shape index (κ3) is 5.83. The zero-order chi connectivity index (χ0) is 26.2. The minimum absolute atomic E-state index is 0.0168. The number of anilines is 1. The molecule has 0 spiro atoms. The second-order valence-corrected chi connectivity index (χ2v) is 11.5. The molecule has 3 N–H and O–H groups in total. The first-order valence-corrected chi connectivity index (χ1v) is 13.3. The molecule has 0 bridgehead atoms. The van der Waals surface area contributed by atoms with E-state index in [1.807, 2.05) is 0 Å². The van der Waals surface area contributed by atoms with Crippen LogP contribution in [0.1, 0.15) is 12.7 Å². The molecule has 0 aliphatic rings. The maximum atomic E-state index is 13.5. The molecule has 0 aliphatic heterocycles. The second-order valence-electron chi connectivity index (χ2n) is 7.54. The fourth-order valence-electron chi connectivity index (χ4n) is 3.21. The summed E-state index contributed by atoms with van der Waals surface area (Å²) in [6.07, 6.45) is -3.94. The van der Waals surface area contributed by atoms with Crippen LogP contribution >= 0.6 is 0 Å². The van der Waals surface area contributed by atoms with E-state index in [4.69, 9.17) is 5.84 Å². The summed E-state index contributed by atoms with van der Waals surface area (Å²) in [5.41, 5.74) is 2.26. The van der Waals surface area contributed by atoms with Crippen molar-refractivity contribution >= 4 is 31.3 Å². The highest BCUT2D eigenvalue weighted by Crippen LogP contribution is 2.39. The van der Waals surface area contributed by atoms with Gasteiger partial charge in [0.15, 0.2) is 25.5 Å². The number of halogens is 3. The van der Waals surface area contributed by atoms with Gasteiger partial charge < -0.3 is 5.43 Å². The van der Waals surface area contributed by atoms with Gasteiger partial charge in [-0.3, -0.25) is 4.79 Å². The summed E-state index contributed by atoms with van der Waals surface area (Å²) < 4.78 is 88.6. The topological polar surface area (TPSA) is 149 Å². The molecule has 0 radical (unpaired) electrons.